The van der Waals surface area contributed by atoms with Crippen molar-refractivity contribution in [3.05, 3.63) is 48.5 Å². The van der Waals surface area contributed by atoms with Crippen LogP contribution in [-0.4, -0.2) is 19.2 Å². The largest absolute Gasteiger partial charge is 0.658 e. The van der Waals surface area contributed by atoms with Gasteiger partial charge in [-0.05, 0) is 60.0 Å². The van der Waals surface area contributed by atoms with Crippen LogP contribution in [0.25, 0.3) is 0 Å². The molecule has 0 unspecified atom stereocenters. The molecule has 2 rings (SSSR count). The first-order valence-electron chi connectivity index (χ1n) is 6.92. The minimum absolute atomic E-state index is 0.772. The van der Waals surface area contributed by atoms with Crippen LogP contribution >= 0.6 is 23.5 Å². The molecule has 1 radical (unpaired) electrons. The molecule has 0 aliphatic heterocycles. The smallest absolute Gasteiger partial charge is 0.526 e. The fourth-order valence-electron chi connectivity index (χ4n) is 1.70. The standard InChI is InChI=1S/C16H18BO2S2/c1-3-20-15-9-5-13(6-10-15)18-17-19-14-7-11-16(12-8-14)21-4-2/h5-12H,3-4H2,1-2H3. The van der Waals surface area contributed by atoms with Crippen LogP contribution < -0.4 is 9.31 Å². The molecule has 0 heterocycles. The van der Waals surface area contributed by atoms with Crippen LogP contribution in [0.15, 0.2) is 58.3 Å². The third-order valence-electron chi connectivity index (χ3n) is 2.64. The summed E-state index contributed by atoms with van der Waals surface area (Å²) >= 11 is 3.62. The average molecular weight is 317 g/mol. The molecule has 2 aromatic rings. The normalized spacial score (nSPS) is 10.2. The second-order valence-electron chi connectivity index (χ2n) is 4.14. The highest BCUT2D eigenvalue weighted by Crippen LogP contribution is 2.22. The minimum atomic E-state index is 0.772. The first-order chi connectivity index (χ1) is 10.3. The van der Waals surface area contributed by atoms with Gasteiger partial charge in [0.15, 0.2) is 0 Å². The molecule has 0 N–H and O–H groups in total. The summed E-state index contributed by atoms with van der Waals surface area (Å²) in [5.74, 6) is 3.69. The Bertz CT molecular complexity index is 479. The van der Waals surface area contributed by atoms with E-state index in [4.69, 9.17) is 9.31 Å². The van der Waals surface area contributed by atoms with Crippen LogP contribution in [0.1, 0.15) is 13.8 Å². The molecule has 0 aliphatic rings. The molecule has 2 nitrogen and oxygen atoms in total. The first kappa shape index (κ1) is 16.2. The summed E-state index contributed by atoms with van der Waals surface area (Å²) in [6.07, 6.45) is 0. The second-order valence-corrected chi connectivity index (χ2v) is 6.82. The maximum Gasteiger partial charge on any atom is 0.658 e. The Hall–Kier alpha value is -1.20. The molecule has 2 aromatic carbocycles. The average Bonchev–Trinajstić information content (AvgIpc) is 2.51. The van der Waals surface area contributed by atoms with Crippen LogP contribution in [0.2, 0.25) is 0 Å². The maximum absolute atomic E-state index is 5.46. The molecule has 0 bridgehead atoms. The van der Waals surface area contributed by atoms with Crippen molar-refractivity contribution in [2.75, 3.05) is 11.5 Å². The van der Waals surface area contributed by atoms with Gasteiger partial charge in [-0.25, -0.2) is 0 Å². The number of benzene rings is 2. The van der Waals surface area contributed by atoms with E-state index >= 15 is 0 Å². The van der Waals surface area contributed by atoms with Gasteiger partial charge >= 0.3 is 7.69 Å². The summed E-state index contributed by atoms with van der Waals surface area (Å²) in [6.45, 7) is 4.28. The van der Waals surface area contributed by atoms with E-state index in [2.05, 4.69) is 13.8 Å². The zero-order valence-corrected chi connectivity index (χ0v) is 13.9. The highest BCUT2D eigenvalue weighted by molar-refractivity contribution is 7.99. The summed E-state index contributed by atoms with van der Waals surface area (Å²) in [7, 11) is 1.37. The molecule has 5 heteroatoms. The van der Waals surface area contributed by atoms with E-state index in [1.807, 2.05) is 72.1 Å². The molecule has 0 saturated carbocycles. The van der Waals surface area contributed by atoms with Crippen molar-refractivity contribution in [1.82, 2.24) is 0 Å². The van der Waals surface area contributed by atoms with E-state index in [9.17, 15) is 0 Å². The summed E-state index contributed by atoms with van der Waals surface area (Å²) in [5.41, 5.74) is 0. The zero-order valence-electron chi connectivity index (χ0n) is 12.2. The van der Waals surface area contributed by atoms with E-state index in [1.54, 1.807) is 0 Å². The molecule has 21 heavy (non-hydrogen) atoms. The van der Waals surface area contributed by atoms with Gasteiger partial charge in [0.2, 0.25) is 0 Å². The third-order valence-corrected chi connectivity index (χ3v) is 4.43. The van der Waals surface area contributed by atoms with E-state index < -0.39 is 0 Å². The maximum atomic E-state index is 5.46. The molecule has 0 spiro atoms. The Morgan fingerprint density at radius 2 is 1.10 bits per heavy atom. The summed E-state index contributed by atoms with van der Waals surface area (Å²) < 4.78 is 10.9. The monoisotopic (exact) mass is 317 g/mol. The molecule has 0 aromatic heterocycles. The molecule has 0 atom stereocenters. The lowest BCUT2D eigenvalue weighted by Gasteiger charge is -2.07. The van der Waals surface area contributed by atoms with Gasteiger partial charge in [-0.15, -0.1) is 23.5 Å². The molecular weight excluding hydrogens is 299 g/mol. The molecule has 0 saturated heterocycles. The molecule has 0 fully saturated rings. The summed E-state index contributed by atoms with van der Waals surface area (Å²) in [4.78, 5) is 2.49. The van der Waals surface area contributed by atoms with Crippen LogP contribution in [0, 0.1) is 0 Å². The van der Waals surface area contributed by atoms with E-state index in [-0.39, 0.29) is 0 Å². The van der Waals surface area contributed by atoms with Crippen molar-refractivity contribution in [2.45, 2.75) is 23.6 Å². The Morgan fingerprint density at radius 1 is 0.714 bits per heavy atom. The Kier molecular flexibility index (Phi) is 6.90. The Morgan fingerprint density at radius 3 is 1.43 bits per heavy atom. The van der Waals surface area contributed by atoms with Crippen molar-refractivity contribution in [3.8, 4) is 11.5 Å². The van der Waals surface area contributed by atoms with Gasteiger partial charge in [-0.2, -0.15) is 0 Å². The van der Waals surface area contributed by atoms with Crippen molar-refractivity contribution >= 4 is 31.2 Å². The van der Waals surface area contributed by atoms with Gasteiger partial charge in [0.1, 0.15) is 11.5 Å². The van der Waals surface area contributed by atoms with Gasteiger partial charge < -0.3 is 9.31 Å². The van der Waals surface area contributed by atoms with Gasteiger partial charge in [0.05, 0.1) is 0 Å². The van der Waals surface area contributed by atoms with Gasteiger partial charge in [0.25, 0.3) is 0 Å². The van der Waals surface area contributed by atoms with Crippen molar-refractivity contribution in [1.29, 1.82) is 0 Å². The number of rotatable bonds is 8. The highest BCUT2D eigenvalue weighted by atomic mass is 32.2. The van der Waals surface area contributed by atoms with Crippen molar-refractivity contribution < 1.29 is 9.31 Å². The predicted molar refractivity (Wildman–Crippen MR) is 92.7 cm³/mol. The molecule has 109 valence electrons. The quantitative estimate of drug-likeness (QED) is 0.509. The Labute approximate surface area is 135 Å². The predicted octanol–water partition coefficient (Wildman–Crippen LogP) is 4.90. The fraction of sp³-hybridized carbons (Fsp3) is 0.250. The SMILES string of the molecule is CCSc1ccc(O[B]Oc2ccc(SCC)cc2)cc1. The van der Waals surface area contributed by atoms with Gasteiger partial charge in [-0.3, -0.25) is 0 Å². The van der Waals surface area contributed by atoms with Crippen molar-refractivity contribution in [2.24, 2.45) is 0 Å². The molecular formula is C16H18BO2S2. The fourth-order valence-corrected chi connectivity index (χ4v) is 3.02. The van der Waals surface area contributed by atoms with E-state index in [1.165, 1.54) is 17.5 Å². The minimum Gasteiger partial charge on any atom is -0.526 e. The zero-order chi connectivity index (χ0) is 14.9. The first-order valence-corrected chi connectivity index (χ1v) is 8.89. The van der Waals surface area contributed by atoms with E-state index in [0.29, 0.717) is 0 Å². The van der Waals surface area contributed by atoms with E-state index in [0.717, 1.165) is 23.0 Å². The number of hydrogen-bond acceptors (Lipinski definition) is 4. The highest BCUT2D eigenvalue weighted by Gasteiger charge is 2.02. The van der Waals surface area contributed by atoms with Crippen LogP contribution in [0.4, 0.5) is 0 Å². The number of hydrogen-bond donors (Lipinski definition) is 0. The number of thioether (sulfide) groups is 2. The molecule has 0 amide bonds. The van der Waals surface area contributed by atoms with Crippen LogP contribution in [0.3, 0.4) is 0 Å². The Balaban J connectivity index is 1.78. The lowest BCUT2D eigenvalue weighted by molar-refractivity contribution is 0.458. The summed E-state index contributed by atoms with van der Waals surface area (Å²) in [5, 5.41) is 0. The topological polar surface area (TPSA) is 18.5 Å². The molecule has 0 aliphatic carbocycles. The van der Waals surface area contributed by atoms with Crippen molar-refractivity contribution in [3.63, 3.8) is 0 Å². The third kappa shape index (κ3) is 5.60. The van der Waals surface area contributed by atoms with Crippen LogP contribution in [0.5, 0.6) is 11.5 Å². The van der Waals surface area contributed by atoms with Gasteiger partial charge in [-0.1, -0.05) is 13.8 Å². The summed E-state index contributed by atoms with van der Waals surface area (Å²) in [6, 6.07) is 16.0. The lowest BCUT2D eigenvalue weighted by Crippen LogP contribution is -2.10. The lowest BCUT2D eigenvalue weighted by atomic mass is 10.3. The van der Waals surface area contributed by atoms with Gasteiger partial charge in [0, 0.05) is 9.79 Å². The van der Waals surface area contributed by atoms with Crippen LogP contribution in [-0.2, 0) is 0 Å². The second kappa shape index (κ2) is 8.95.